The average molecular weight is 423 g/mol. The van der Waals surface area contributed by atoms with Gasteiger partial charge in [-0.1, -0.05) is 23.9 Å². The van der Waals surface area contributed by atoms with E-state index in [4.69, 9.17) is 0 Å². The van der Waals surface area contributed by atoms with E-state index >= 15 is 0 Å². The molecular weight excluding hydrogens is 409 g/mol. The van der Waals surface area contributed by atoms with Gasteiger partial charge in [0.05, 0.1) is 16.3 Å². The lowest BCUT2D eigenvalue weighted by molar-refractivity contribution is -0.115. The van der Waals surface area contributed by atoms with Gasteiger partial charge < -0.3 is 10.3 Å². The van der Waals surface area contributed by atoms with Crippen molar-refractivity contribution in [3.63, 3.8) is 0 Å². The minimum absolute atomic E-state index is 0.0355. The highest BCUT2D eigenvalue weighted by molar-refractivity contribution is 14.1. The molecule has 1 unspecified atom stereocenters. The number of carbonyl (C=O) groups excluding carboxylic acids is 1. The molecule has 112 valence electrons. The van der Waals surface area contributed by atoms with Gasteiger partial charge in [0.2, 0.25) is 5.91 Å². The second-order valence-corrected chi connectivity index (χ2v) is 7.39. The number of amides is 1. The predicted octanol–water partition coefficient (Wildman–Crippen LogP) is 4.29. The van der Waals surface area contributed by atoms with Gasteiger partial charge in [-0.25, -0.2) is 4.98 Å². The highest BCUT2D eigenvalue weighted by atomic mass is 127. The molecule has 2 aromatic carbocycles. The zero-order chi connectivity index (χ0) is 15.5. The standard InChI is InChI=1S/C16H14IN3OS/c1-10(15(21)18-12-8-6-11(17)7-9-12)22-16-19-13-4-2-3-5-14(13)20-16/h2-10H,1H3,(H,18,21)(H,19,20). The molecule has 1 heterocycles. The first-order valence-corrected chi connectivity index (χ1v) is 8.75. The van der Waals surface area contributed by atoms with E-state index in [2.05, 4.69) is 37.9 Å². The van der Waals surface area contributed by atoms with Gasteiger partial charge in [0.25, 0.3) is 0 Å². The molecule has 3 aromatic rings. The second-order valence-electron chi connectivity index (χ2n) is 4.82. The third-order valence-electron chi connectivity index (χ3n) is 3.14. The number of thioether (sulfide) groups is 1. The Hall–Kier alpha value is -1.54. The molecule has 0 fully saturated rings. The van der Waals surface area contributed by atoms with Crippen molar-refractivity contribution in [1.82, 2.24) is 9.97 Å². The van der Waals surface area contributed by atoms with Gasteiger partial charge >= 0.3 is 0 Å². The van der Waals surface area contributed by atoms with Crippen molar-refractivity contribution in [2.75, 3.05) is 5.32 Å². The summed E-state index contributed by atoms with van der Waals surface area (Å²) in [5, 5.41) is 3.44. The van der Waals surface area contributed by atoms with Crippen LogP contribution in [-0.2, 0) is 4.79 Å². The molecule has 6 heteroatoms. The molecule has 4 nitrogen and oxygen atoms in total. The number of nitrogens with one attached hydrogen (secondary N) is 2. The first kappa shape index (κ1) is 15.4. The van der Waals surface area contributed by atoms with Crippen LogP contribution in [0.5, 0.6) is 0 Å². The summed E-state index contributed by atoms with van der Waals surface area (Å²) < 4.78 is 1.14. The van der Waals surface area contributed by atoms with Crippen molar-refractivity contribution < 1.29 is 4.79 Å². The number of benzene rings is 2. The maximum absolute atomic E-state index is 12.2. The number of rotatable bonds is 4. The number of carbonyl (C=O) groups is 1. The van der Waals surface area contributed by atoms with Crippen molar-refractivity contribution in [3.8, 4) is 0 Å². The highest BCUT2D eigenvalue weighted by Crippen LogP contribution is 2.24. The van der Waals surface area contributed by atoms with E-state index in [0.717, 1.165) is 25.4 Å². The number of aromatic nitrogens is 2. The maximum atomic E-state index is 12.2. The van der Waals surface area contributed by atoms with Crippen LogP contribution in [0.25, 0.3) is 11.0 Å². The van der Waals surface area contributed by atoms with Crippen molar-refractivity contribution in [2.45, 2.75) is 17.3 Å². The molecule has 1 aromatic heterocycles. The lowest BCUT2D eigenvalue weighted by Gasteiger charge is -2.10. The van der Waals surface area contributed by atoms with Crippen molar-refractivity contribution >= 4 is 57.0 Å². The molecule has 3 rings (SSSR count). The van der Waals surface area contributed by atoms with Gasteiger partial charge in [0, 0.05) is 9.26 Å². The Morgan fingerprint density at radius 2 is 1.95 bits per heavy atom. The molecule has 0 saturated carbocycles. The molecule has 22 heavy (non-hydrogen) atoms. The van der Waals surface area contributed by atoms with Crippen molar-refractivity contribution in [3.05, 3.63) is 52.1 Å². The summed E-state index contributed by atoms with van der Waals surface area (Å²) in [5.41, 5.74) is 2.70. The number of halogens is 1. The summed E-state index contributed by atoms with van der Waals surface area (Å²) in [6.45, 7) is 1.87. The molecule has 1 amide bonds. The van der Waals surface area contributed by atoms with Gasteiger partial charge in [-0.15, -0.1) is 0 Å². The predicted molar refractivity (Wildman–Crippen MR) is 99.2 cm³/mol. The van der Waals surface area contributed by atoms with E-state index in [-0.39, 0.29) is 11.2 Å². The van der Waals surface area contributed by atoms with Crippen LogP contribution in [0, 0.1) is 3.57 Å². The largest absolute Gasteiger partial charge is 0.333 e. The molecule has 0 spiro atoms. The minimum Gasteiger partial charge on any atom is -0.333 e. The third kappa shape index (κ3) is 3.61. The van der Waals surface area contributed by atoms with Crippen LogP contribution in [0.3, 0.4) is 0 Å². The number of anilines is 1. The van der Waals surface area contributed by atoms with E-state index in [1.165, 1.54) is 11.8 Å². The molecule has 0 aliphatic carbocycles. The van der Waals surface area contributed by atoms with E-state index in [0.29, 0.717) is 0 Å². The first-order valence-electron chi connectivity index (χ1n) is 6.79. The summed E-state index contributed by atoms with van der Waals surface area (Å²) in [6.07, 6.45) is 0. The number of fused-ring (bicyclic) bond motifs is 1. The minimum atomic E-state index is -0.236. The van der Waals surface area contributed by atoms with E-state index in [1.54, 1.807) is 0 Å². The van der Waals surface area contributed by atoms with Crippen LogP contribution in [-0.4, -0.2) is 21.1 Å². The lowest BCUT2D eigenvalue weighted by Crippen LogP contribution is -2.22. The Morgan fingerprint density at radius 3 is 2.68 bits per heavy atom. The molecule has 0 bridgehead atoms. The molecular formula is C16H14IN3OS. The quantitative estimate of drug-likeness (QED) is 0.487. The fraction of sp³-hybridized carbons (Fsp3) is 0.125. The molecule has 0 radical (unpaired) electrons. The lowest BCUT2D eigenvalue weighted by atomic mass is 10.3. The number of nitrogens with zero attached hydrogens (tertiary/aromatic N) is 1. The zero-order valence-electron chi connectivity index (χ0n) is 11.8. The third-order valence-corrected chi connectivity index (χ3v) is 4.84. The van der Waals surface area contributed by atoms with Crippen LogP contribution in [0.4, 0.5) is 5.69 Å². The van der Waals surface area contributed by atoms with Gasteiger partial charge in [0.1, 0.15) is 0 Å². The Morgan fingerprint density at radius 1 is 1.23 bits per heavy atom. The van der Waals surface area contributed by atoms with Crippen molar-refractivity contribution in [2.24, 2.45) is 0 Å². The molecule has 0 saturated heterocycles. The number of hydrogen-bond donors (Lipinski definition) is 2. The van der Waals surface area contributed by atoms with Gasteiger partial charge in [-0.05, 0) is 65.9 Å². The fourth-order valence-electron chi connectivity index (χ4n) is 1.98. The zero-order valence-corrected chi connectivity index (χ0v) is 14.8. The summed E-state index contributed by atoms with van der Waals surface area (Å²) in [4.78, 5) is 19.9. The number of hydrogen-bond acceptors (Lipinski definition) is 3. The fourth-order valence-corrected chi connectivity index (χ4v) is 3.16. The first-order chi connectivity index (χ1) is 10.6. The Labute approximate surface area is 146 Å². The van der Waals surface area contributed by atoms with Crippen LogP contribution in [0.1, 0.15) is 6.92 Å². The van der Waals surface area contributed by atoms with Gasteiger partial charge in [0.15, 0.2) is 5.16 Å². The number of H-pyrrole nitrogens is 1. The average Bonchev–Trinajstić information content (AvgIpc) is 2.91. The summed E-state index contributed by atoms with van der Waals surface area (Å²) in [6, 6.07) is 15.6. The van der Waals surface area contributed by atoms with Crippen LogP contribution in [0.15, 0.2) is 53.7 Å². The number of aromatic amines is 1. The Bertz CT molecular complexity index is 768. The smallest absolute Gasteiger partial charge is 0.237 e. The second kappa shape index (κ2) is 6.70. The number of para-hydroxylation sites is 2. The van der Waals surface area contributed by atoms with E-state index < -0.39 is 0 Å². The van der Waals surface area contributed by atoms with Crippen LogP contribution in [0.2, 0.25) is 0 Å². The number of imidazole rings is 1. The SMILES string of the molecule is CC(Sc1nc2ccccc2[nH]1)C(=O)Nc1ccc(I)cc1. The normalized spacial score (nSPS) is 12.3. The van der Waals surface area contributed by atoms with Gasteiger partial charge in [-0.3, -0.25) is 4.79 Å². The van der Waals surface area contributed by atoms with E-state index in [1.807, 2.05) is 55.5 Å². The topological polar surface area (TPSA) is 57.8 Å². The summed E-state index contributed by atoms with van der Waals surface area (Å²) in [5.74, 6) is -0.0355. The summed E-state index contributed by atoms with van der Waals surface area (Å²) >= 11 is 3.66. The van der Waals surface area contributed by atoms with Crippen molar-refractivity contribution in [1.29, 1.82) is 0 Å². The monoisotopic (exact) mass is 423 g/mol. The summed E-state index contributed by atoms with van der Waals surface area (Å²) in [7, 11) is 0. The molecule has 2 N–H and O–H groups in total. The molecule has 1 atom stereocenters. The maximum Gasteiger partial charge on any atom is 0.237 e. The Kier molecular flexibility index (Phi) is 4.68. The van der Waals surface area contributed by atoms with Crippen LogP contribution >= 0.6 is 34.4 Å². The molecule has 0 aliphatic heterocycles. The Balaban J connectivity index is 1.66. The van der Waals surface area contributed by atoms with E-state index in [9.17, 15) is 4.79 Å². The van der Waals surface area contributed by atoms with Gasteiger partial charge in [-0.2, -0.15) is 0 Å². The molecule has 0 aliphatic rings. The highest BCUT2D eigenvalue weighted by Gasteiger charge is 2.16. The van der Waals surface area contributed by atoms with Crippen LogP contribution < -0.4 is 5.32 Å².